The molecule has 18 heavy (non-hydrogen) atoms. The van der Waals surface area contributed by atoms with Crippen molar-refractivity contribution in [3.05, 3.63) is 0 Å². The summed E-state index contributed by atoms with van der Waals surface area (Å²) in [4.78, 5) is 23.2. The fourth-order valence-corrected chi connectivity index (χ4v) is 2.73. The van der Waals surface area contributed by atoms with Crippen LogP contribution in [0.5, 0.6) is 0 Å². The Labute approximate surface area is 109 Å². The molecule has 1 amide bonds. The van der Waals surface area contributed by atoms with E-state index < -0.39 is 11.4 Å². The van der Waals surface area contributed by atoms with Crippen LogP contribution in [0, 0.1) is 16.7 Å². The summed E-state index contributed by atoms with van der Waals surface area (Å²) in [6.45, 7) is 9.03. The topological polar surface area (TPSA) is 66.4 Å². The molecule has 0 saturated heterocycles. The van der Waals surface area contributed by atoms with E-state index in [4.69, 9.17) is 5.11 Å². The molecule has 0 aliphatic heterocycles. The van der Waals surface area contributed by atoms with Gasteiger partial charge in [0.15, 0.2) is 0 Å². The number of carboxylic acid groups (broad SMARTS) is 1. The summed E-state index contributed by atoms with van der Waals surface area (Å²) in [7, 11) is 0. The van der Waals surface area contributed by atoms with Crippen LogP contribution in [-0.4, -0.2) is 23.5 Å². The van der Waals surface area contributed by atoms with Crippen molar-refractivity contribution in [1.82, 2.24) is 5.32 Å². The Morgan fingerprint density at radius 1 is 1.33 bits per heavy atom. The second-order valence-electron chi connectivity index (χ2n) is 6.69. The standard InChI is InChI=1S/C14H25NO3/c1-10(2)8-13(3,4)9-15-11(16)14(12(17)18)6-5-7-14/h10H,5-9H2,1-4H3,(H,15,16)(H,17,18). The van der Waals surface area contributed by atoms with Gasteiger partial charge in [0.25, 0.3) is 0 Å². The van der Waals surface area contributed by atoms with Gasteiger partial charge in [0.1, 0.15) is 5.41 Å². The number of carbonyl (C=O) groups is 2. The first-order valence-corrected chi connectivity index (χ1v) is 6.71. The Bertz CT molecular complexity index is 330. The Morgan fingerprint density at radius 2 is 1.89 bits per heavy atom. The third kappa shape index (κ3) is 3.24. The van der Waals surface area contributed by atoms with E-state index in [0.29, 0.717) is 25.3 Å². The molecule has 0 aromatic carbocycles. The van der Waals surface area contributed by atoms with Gasteiger partial charge in [-0.25, -0.2) is 0 Å². The van der Waals surface area contributed by atoms with E-state index in [2.05, 4.69) is 33.0 Å². The minimum atomic E-state index is -1.14. The monoisotopic (exact) mass is 255 g/mol. The average Bonchev–Trinajstić information content (AvgIpc) is 2.10. The van der Waals surface area contributed by atoms with Crippen molar-refractivity contribution in [1.29, 1.82) is 0 Å². The molecule has 0 aromatic heterocycles. The van der Waals surface area contributed by atoms with Gasteiger partial charge >= 0.3 is 5.97 Å². The van der Waals surface area contributed by atoms with Crippen LogP contribution in [0.2, 0.25) is 0 Å². The molecule has 2 N–H and O–H groups in total. The molecular formula is C14H25NO3. The maximum absolute atomic E-state index is 12.0. The summed E-state index contributed by atoms with van der Waals surface area (Å²) in [5, 5.41) is 12.0. The summed E-state index contributed by atoms with van der Waals surface area (Å²) in [6, 6.07) is 0. The van der Waals surface area contributed by atoms with Crippen molar-refractivity contribution < 1.29 is 14.7 Å². The lowest BCUT2D eigenvalue weighted by atomic mass is 9.68. The summed E-state index contributed by atoms with van der Waals surface area (Å²) in [6.07, 6.45) is 2.78. The van der Waals surface area contributed by atoms with Gasteiger partial charge in [0.2, 0.25) is 5.91 Å². The first-order chi connectivity index (χ1) is 8.19. The maximum atomic E-state index is 12.0. The number of rotatable bonds is 6. The first kappa shape index (κ1) is 15.0. The number of nitrogens with one attached hydrogen (secondary N) is 1. The summed E-state index contributed by atoms with van der Waals surface area (Å²) in [5.41, 5.74) is -1.14. The SMILES string of the molecule is CC(C)CC(C)(C)CNC(=O)C1(C(=O)O)CCC1. The molecule has 0 atom stereocenters. The normalized spacial score (nSPS) is 18.3. The van der Waals surface area contributed by atoms with Gasteiger partial charge in [-0.2, -0.15) is 0 Å². The fourth-order valence-electron chi connectivity index (χ4n) is 2.73. The summed E-state index contributed by atoms with van der Waals surface area (Å²) in [5.74, 6) is -0.722. The van der Waals surface area contributed by atoms with E-state index in [9.17, 15) is 9.59 Å². The van der Waals surface area contributed by atoms with Crippen LogP contribution in [0.1, 0.15) is 53.4 Å². The number of hydrogen-bond donors (Lipinski definition) is 2. The number of hydrogen-bond acceptors (Lipinski definition) is 2. The van der Waals surface area contributed by atoms with Gasteiger partial charge in [-0.05, 0) is 30.6 Å². The molecule has 0 radical (unpaired) electrons. The summed E-state index contributed by atoms with van der Waals surface area (Å²) >= 11 is 0. The molecule has 1 aliphatic rings. The Morgan fingerprint density at radius 3 is 2.22 bits per heavy atom. The molecule has 104 valence electrons. The van der Waals surface area contributed by atoms with Crippen molar-refractivity contribution in [2.75, 3.05) is 6.54 Å². The Hall–Kier alpha value is -1.06. The van der Waals surface area contributed by atoms with Crippen molar-refractivity contribution in [2.45, 2.75) is 53.4 Å². The molecule has 1 rings (SSSR count). The first-order valence-electron chi connectivity index (χ1n) is 6.71. The van der Waals surface area contributed by atoms with Crippen LogP contribution >= 0.6 is 0 Å². The highest BCUT2D eigenvalue weighted by molar-refractivity contribution is 6.02. The molecular weight excluding hydrogens is 230 g/mol. The molecule has 4 heteroatoms. The Kier molecular flexibility index (Phi) is 4.41. The van der Waals surface area contributed by atoms with Gasteiger partial charge in [0, 0.05) is 6.54 Å². The van der Waals surface area contributed by atoms with Crippen LogP contribution in [0.4, 0.5) is 0 Å². The van der Waals surface area contributed by atoms with Gasteiger partial charge in [-0.1, -0.05) is 34.1 Å². The van der Waals surface area contributed by atoms with Crippen LogP contribution in [-0.2, 0) is 9.59 Å². The highest BCUT2D eigenvalue weighted by Gasteiger charge is 2.51. The zero-order chi connectivity index (χ0) is 14.0. The molecule has 0 aromatic rings. The van der Waals surface area contributed by atoms with E-state index in [-0.39, 0.29) is 11.3 Å². The number of carboxylic acids is 1. The quantitative estimate of drug-likeness (QED) is 0.716. The average molecular weight is 255 g/mol. The van der Waals surface area contributed by atoms with E-state index >= 15 is 0 Å². The van der Waals surface area contributed by atoms with E-state index in [1.54, 1.807) is 0 Å². The largest absolute Gasteiger partial charge is 0.480 e. The van der Waals surface area contributed by atoms with Gasteiger partial charge in [-0.3, -0.25) is 9.59 Å². The highest BCUT2D eigenvalue weighted by atomic mass is 16.4. The molecule has 1 fully saturated rings. The number of aliphatic carboxylic acids is 1. The molecule has 0 spiro atoms. The fraction of sp³-hybridized carbons (Fsp3) is 0.857. The second-order valence-corrected chi connectivity index (χ2v) is 6.69. The van der Waals surface area contributed by atoms with E-state index in [0.717, 1.165) is 12.8 Å². The summed E-state index contributed by atoms with van der Waals surface area (Å²) < 4.78 is 0. The zero-order valence-electron chi connectivity index (χ0n) is 11.9. The zero-order valence-corrected chi connectivity index (χ0v) is 11.9. The lowest BCUT2D eigenvalue weighted by Gasteiger charge is -2.37. The third-order valence-corrected chi connectivity index (χ3v) is 3.74. The Balaban J connectivity index is 2.53. The minimum absolute atomic E-state index is 0.00721. The van der Waals surface area contributed by atoms with Crippen molar-refractivity contribution in [3.63, 3.8) is 0 Å². The second kappa shape index (κ2) is 5.29. The van der Waals surface area contributed by atoms with Crippen molar-refractivity contribution in [3.8, 4) is 0 Å². The lowest BCUT2D eigenvalue weighted by molar-refractivity contribution is -0.162. The molecule has 1 aliphatic carbocycles. The van der Waals surface area contributed by atoms with Crippen molar-refractivity contribution in [2.24, 2.45) is 16.7 Å². The van der Waals surface area contributed by atoms with E-state index in [1.807, 2.05) is 0 Å². The third-order valence-electron chi connectivity index (χ3n) is 3.74. The van der Waals surface area contributed by atoms with Gasteiger partial charge < -0.3 is 10.4 Å². The number of carbonyl (C=O) groups excluding carboxylic acids is 1. The van der Waals surface area contributed by atoms with Crippen LogP contribution in [0.25, 0.3) is 0 Å². The smallest absolute Gasteiger partial charge is 0.319 e. The van der Waals surface area contributed by atoms with Gasteiger partial charge in [0.05, 0.1) is 0 Å². The number of amides is 1. The van der Waals surface area contributed by atoms with Gasteiger partial charge in [-0.15, -0.1) is 0 Å². The molecule has 1 saturated carbocycles. The molecule has 0 heterocycles. The van der Waals surface area contributed by atoms with Crippen molar-refractivity contribution >= 4 is 11.9 Å². The van der Waals surface area contributed by atoms with Crippen LogP contribution in [0.15, 0.2) is 0 Å². The predicted molar refractivity (Wildman–Crippen MR) is 70.2 cm³/mol. The molecule has 4 nitrogen and oxygen atoms in total. The lowest BCUT2D eigenvalue weighted by Crippen LogP contribution is -2.52. The molecule has 0 unspecified atom stereocenters. The van der Waals surface area contributed by atoms with Crippen LogP contribution in [0.3, 0.4) is 0 Å². The predicted octanol–water partition coefficient (Wildman–Crippen LogP) is 2.43. The maximum Gasteiger partial charge on any atom is 0.319 e. The molecule has 0 bridgehead atoms. The van der Waals surface area contributed by atoms with Crippen LogP contribution < -0.4 is 5.32 Å². The minimum Gasteiger partial charge on any atom is -0.480 e. The van der Waals surface area contributed by atoms with E-state index in [1.165, 1.54) is 0 Å². The highest BCUT2D eigenvalue weighted by Crippen LogP contribution is 2.41.